The highest BCUT2D eigenvalue weighted by Crippen LogP contribution is 2.15. The van der Waals surface area contributed by atoms with Crippen molar-refractivity contribution < 1.29 is 0 Å². The van der Waals surface area contributed by atoms with E-state index in [2.05, 4.69) is 20.8 Å². The first-order valence-corrected chi connectivity index (χ1v) is 3.76. The summed E-state index contributed by atoms with van der Waals surface area (Å²) in [5, 5.41) is 7.07. The van der Waals surface area contributed by atoms with Crippen LogP contribution in [0.2, 0.25) is 0 Å². The smallest absolute Gasteiger partial charge is 0.00142 e. The third kappa shape index (κ3) is 2.64. The van der Waals surface area contributed by atoms with E-state index in [9.17, 15) is 0 Å². The quantitative estimate of drug-likeness (QED) is 0.561. The molecule has 0 aromatic carbocycles. The molecule has 2 unspecified atom stereocenters. The minimum absolute atomic E-state index is 0.509. The Kier molecular flexibility index (Phi) is 4.37. The summed E-state index contributed by atoms with van der Waals surface area (Å²) in [5.74, 6) is 1.20. The van der Waals surface area contributed by atoms with Crippen LogP contribution in [-0.4, -0.2) is 6.21 Å². The van der Waals surface area contributed by atoms with Crippen LogP contribution in [0.25, 0.3) is 0 Å². The molecule has 0 amide bonds. The standard InChI is InChI=1S/C8H17N/c1-4-7(3)8(5-2)6-9/h6-9H,4-5H2,1-3H3. The lowest BCUT2D eigenvalue weighted by Gasteiger charge is -2.15. The predicted molar refractivity (Wildman–Crippen MR) is 42.0 cm³/mol. The van der Waals surface area contributed by atoms with Crippen molar-refractivity contribution in [3.8, 4) is 0 Å². The normalized spacial score (nSPS) is 16.8. The summed E-state index contributed by atoms with van der Waals surface area (Å²) in [4.78, 5) is 0. The Morgan fingerprint density at radius 1 is 1.33 bits per heavy atom. The van der Waals surface area contributed by atoms with Crippen LogP contribution >= 0.6 is 0 Å². The fraction of sp³-hybridized carbons (Fsp3) is 0.875. The minimum atomic E-state index is 0.509. The average molecular weight is 127 g/mol. The highest BCUT2D eigenvalue weighted by molar-refractivity contribution is 5.56. The second kappa shape index (κ2) is 4.54. The Morgan fingerprint density at radius 2 is 1.89 bits per heavy atom. The molecular weight excluding hydrogens is 110 g/mol. The molecule has 0 aliphatic carbocycles. The molecule has 54 valence electrons. The lowest BCUT2D eigenvalue weighted by Crippen LogP contribution is -2.10. The molecule has 0 aliphatic rings. The second-order valence-corrected chi connectivity index (χ2v) is 2.62. The number of nitrogens with one attached hydrogen (secondary N) is 1. The van der Waals surface area contributed by atoms with Crippen molar-refractivity contribution in [3.63, 3.8) is 0 Å². The van der Waals surface area contributed by atoms with Gasteiger partial charge in [-0.15, -0.1) is 0 Å². The van der Waals surface area contributed by atoms with Gasteiger partial charge in [0.05, 0.1) is 0 Å². The fourth-order valence-corrected chi connectivity index (χ4v) is 0.987. The summed E-state index contributed by atoms with van der Waals surface area (Å²) in [6.07, 6.45) is 3.88. The van der Waals surface area contributed by atoms with E-state index in [0.717, 1.165) is 6.42 Å². The van der Waals surface area contributed by atoms with Crippen molar-refractivity contribution >= 4 is 6.21 Å². The third-order valence-corrected chi connectivity index (χ3v) is 2.06. The first kappa shape index (κ1) is 8.67. The van der Waals surface area contributed by atoms with E-state index in [1.807, 2.05) is 0 Å². The molecule has 0 heterocycles. The largest absolute Gasteiger partial charge is 0.313 e. The molecule has 1 N–H and O–H groups in total. The molecule has 0 spiro atoms. The highest BCUT2D eigenvalue weighted by atomic mass is 14.4. The molecule has 0 fully saturated rings. The van der Waals surface area contributed by atoms with Crippen LogP contribution in [0.4, 0.5) is 0 Å². The first-order chi connectivity index (χ1) is 4.26. The van der Waals surface area contributed by atoms with Crippen molar-refractivity contribution in [2.24, 2.45) is 11.8 Å². The zero-order valence-corrected chi connectivity index (χ0v) is 6.65. The topological polar surface area (TPSA) is 23.9 Å². The molecule has 0 bridgehead atoms. The average Bonchev–Trinajstić information content (AvgIpc) is 1.90. The van der Waals surface area contributed by atoms with Crippen LogP contribution in [0, 0.1) is 17.2 Å². The molecule has 0 saturated carbocycles. The van der Waals surface area contributed by atoms with Gasteiger partial charge in [0.15, 0.2) is 0 Å². The van der Waals surface area contributed by atoms with Gasteiger partial charge in [-0.2, -0.15) is 0 Å². The Hall–Kier alpha value is -0.330. The summed E-state index contributed by atoms with van der Waals surface area (Å²) >= 11 is 0. The van der Waals surface area contributed by atoms with Gasteiger partial charge in [0.2, 0.25) is 0 Å². The van der Waals surface area contributed by atoms with Crippen LogP contribution in [0.3, 0.4) is 0 Å². The summed E-state index contributed by atoms with van der Waals surface area (Å²) in [6.45, 7) is 6.53. The van der Waals surface area contributed by atoms with Gasteiger partial charge in [0, 0.05) is 0 Å². The zero-order valence-electron chi connectivity index (χ0n) is 6.65. The van der Waals surface area contributed by atoms with Crippen LogP contribution in [-0.2, 0) is 0 Å². The first-order valence-electron chi connectivity index (χ1n) is 3.76. The number of hydrogen-bond donors (Lipinski definition) is 1. The van der Waals surface area contributed by atoms with E-state index < -0.39 is 0 Å². The molecule has 0 aromatic heterocycles. The molecule has 0 aliphatic heterocycles. The van der Waals surface area contributed by atoms with Gasteiger partial charge in [-0.3, -0.25) is 0 Å². The van der Waals surface area contributed by atoms with E-state index in [4.69, 9.17) is 5.41 Å². The summed E-state index contributed by atoms with van der Waals surface area (Å²) < 4.78 is 0. The maximum Gasteiger partial charge on any atom is -0.00142 e. The van der Waals surface area contributed by atoms with Crippen LogP contribution in [0.15, 0.2) is 0 Å². The Morgan fingerprint density at radius 3 is 2.00 bits per heavy atom. The fourth-order valence-electron chi connectivity index (χ4n) is 0.987. The van der Waals surface area contributed by atoms with Crippen molar-refractivity contribution in [1.29, 1.82) is 5.41 Å². The molecule has 0 saturated heterocycles. The maximum absolute atomic E-state index is 7.07. The third-order valence-electron chi connectivity index (χ3n) is 2.06. The lowest BCUT2D eigenvalue weighted by molar-refractivity contribution is 0.435. The van der Waals surface area contributed by atoms with E-state index in [1.54, 1.807) is 6.21 Å². The molecule has 0 radical (unpaired) electrons. The highest BCUT2D eigenvalue weighted by Gasteiger charge is 2.09. The van der Waals surface area contributed by atoms with E-state index in [-0.39, 0.29) is 0 Å². The van der Waals surface area contributed by atoms with E-state index in [0.29, 0.717) is 11.8 Å². The zero-order chi connectivity index (χ0) is 7.28. The van der Waals surface area contributed by atoms with Crippen LogP contribution < -0.4 is 0 Å². The summed E-state index contributed by atoms with van der Waals surface area (Å²) in [6, 6.07) is 0. The van der Waals surface area contributed by atoms with Crippen molar-refractivity contribution in [2.45, 2.75) is 33.6 Å². The maximum atomic E-state index is 7.07. The van der Waals surface area contributed by atoms with Gasteiger partial charge < -0.3 is 5.41 Å². The monoisotopic (exact) mass is 127 g/mol. The van der Waals surface area contributed by atoms with Crippen LogP contribution in [0.5, 0.6) is 0 Å². The molecule has 2 atom stereocenters. The number of hydrogen-bond acceptors (Lipinski definition) is 1. The number of rotatable bonds is 4. The predicted octanol–water partition coefficient (Wildman–Crippen LogP) is 2.71. The Balaban J connectivity index is 3.63. The molecule has 1 nitrogen and oxygen atoms in total. The van der Waals surface area contributed by atoms with Gasteiger partial charge in [-0.25, -0.2) is 0 Å². The van der Waals surface area contributed by atoms with E-state index in [1.165, 1.54) is 6.42 Å². The summed E-state index contributed by atoms with van der Waals surface area (Å²) in [5.41, 5.74) is 0. The van der Waals surface area contributed by atoms with Gasteiger partial charge in [-0.1, -0.05) is 27.2 Å². The molecular formula is C8H17N. The second-order valence-electron chi connectivity index (χ2n) is 2.62. The van der Waals surface area contributed by atoms with Crippen molar-refractivity contribution in [1.82, 2.24) is 0 Å². The molecule has 0 aromatic rings. The van der Waals surface area contributed by atoms with E-state index >= 15 is 0 Å². The van der Waals surface area contributed by atoms with Crippen molar-refractivity contribution in [3.05, 3.63) is 0 Å². The van der Waals surface area contributed by atoms with Crippen LogP contribution in [0.1, 0.15) is 33.6 Å². The van der Waals surface area contributed by atoms with Crippen molar-refractivity contribution in [2.75, 3.05) is 0 Å². The molecule has 9 heavy (non-hydrogen) atoms. The Bertz CT molecular complexity index is 78.6. The molecule has 1 heteroatoms. The van der Waals surface area contributed by atoms with Gasteiger partial charge >= 0.3 is 0 Å². The lowest BCUT2D eigenvalue weighted by atomic mass is 9.91. The van der Waals surface area contributed by atoms with Gasteiger partial charge in [0.25, 0.3) is 0 Å². The Labute approximate surface area is 58.0 Å². The molecule has 0 rings (SSSR count). The van der Waals surface area contributed by atoms with Gasteiger partial charge in [0.1, 0.15) is 0 Å². The summed E-state index contributed by atoms with van der Waals surface area (Å²) in [7, 11) is 0. The van der Waals surface area contributed by atoms with Gasteiger partial charge in [-0.05, 0) is 24.5 Å². The minimum Gasteiger partial charge on any atom is -0.313 e. The SMILES string of the molecule is CCC(C)C(C=N)CC.